The maximum atomic E-state index is 12.2. The Morgan fingerprint density at radius 2 is 2.00 bits per heavy atom. The zero-order valence-corrected chi connectivity index (χ0v) is 12.0. The number of carbonyl (C=O) groups excluding carboxylic acids is 1. The molecule has 18 heavy (non-hydrogen) atoms. The van der Waals surface area contributed by atoms with Gasteiger partial charge in [-0.2, -0.15) is 0 Å². The molecule has 102 valence electrons. The van der Waals surface area contributed by atoms with Gasteiger partial charge in [-0.1, -0.05) is 5.92 Å². The fourth-order valence-electron chi connectivity index (χ4n) is 1.98. The lowest BCUT2D eigenvalue weighted by Crippen LogP contribution is -2.59. The highest BCUT2D eigenvalue weighted by atomic mass is 16.6. The number of amides is 1. The molecule has 4 nitrogen and oxygen atoms in total. The monoisotopic (exact) mass is 252 g/mol. The van der Waals surface area contributed by atoms with Gasteiger partial charge in [0.2, 0.25) is 0 Å². The van der Waals surface area contributed by atoms with Gasteiger partial charge in [0.25, 0.3) is 0 Å². The molecule has 0 aromatic carbocycles. The predicted molar refractivity (Wildman–Crippen MR) is 72.2 cm³/mol. The number of nitrogens with one attached hydrogen (secondary N) is 1. The highest BCUT2D eigenvalue weighted by Gasteiger charge is 2.38. The molecule has 1 heterocycles. The summed E-state index contributed by atoms with van der Waals surface area (Å²) in [5.74, 6) is 2.77. The normalized spacial score (nSPS) is 21.3. The standard InChI is InChI=1S/C14H24N2O2/c1-7-14(5,6)11-10-15-8-9-16(11)12(17)18-13(2,3)4/h1,11,15H,8-10H2,2-6H3. The van der Waals surface area contributed by atoms with E-state index in [1.807, 2.05) is 34.6 Å². The van der Waals surface area contributed by atoms with Crippen LogP contribution in [0, 0.1) is 17.8 Å². The smallest absolute Gasteiger partial charge is 0.410 e. The third kappa shape index (κ3) is 3.64. The number of ether oxygens (including phenoxy) is 1. The fraction of sp³-hybridized carbons (Fsp3) is 0.786. The minimum Gasteiger partial charge on any atom is -0.444 e. The van der Waals surface area contributed by atoms with Crippen LogP contribution in [0.1, 0.15) is 34.6 Å². The van der Waals surface area contributed by atoms with Crippen molar-refractivity contribution in [1.82, 2.24) is 10.2 Å². The average Bonchev–Trinajstić information content (AvgIpc) is 2.27. The van der Waals surface area contributed by atoms with Gasteiger partial charge in [0.1, 0.15) is 5.60 Å². The molecule has 1 amide bonds. The van der Waals surface area contributed by atoms with Crippen molar-refractivity contribution >= 4 is 6.09 Å². The van der Waals surface area contributed by atoms with Crippen LogP contribution in [0.25, 0.3) is 0 Å². The second kappa shape index (κ2) is 5.19. The van der Waals surface area contributed by atoms with Gasteiger partial charge >= 0.3 is 6.09 Å². The van der Waals surface area contributed by atoms with Crippen LogP contribution in [-0.2, 0) is 4.74 Å². The molecule has 1 atom stereocenters. The number of terminal acetylenes is 1. The van der Waals surface area contributed by atoms with Gasteiger partial charge in [-0.3, -0.25) is 0 Å². The van der Waals surface area contributed by atoms with Crippen molar-refractivity contribution in [3.63, 3.8) is 0 Å². The Bertz CT molecular complexity index is 350. The minimum atomic E-state index is -0.479. The molecule has 0 bridgehead atoms. The first-order chi connectivity index (χ1) is 8.17. The summed E-state index contributed by atoms with van der Waals surface area (Å²) in [5.41, 5.74) is -0.850. The summed E-state index contributed by atoms with van der Waals surface area (Å²) >= 11 is 0. The number of rotatable bonds is 1. The maximum Gasteiger partial charge on any atom is 0.410 e. The molecule has 1 N–H and O–H groups in total. The molecular weight excluding hydrogens is 228 g/mol. The van der Waals surface area contributed by atoms with Crippen LogP contribution in [0.2, 0.25) is 0 Å². The molecule has 0 aliphatic carbocycles. The summed E-state index contributed by atoms with van der Waals surface area (Å²) in [7, 11) is 0. The number of hydrogen-bond donors (Lipinski definition) is 1. The molecule has 4 heteroatoms. The molecule has 0 aromatic rings. The van der Waals surface area contributed by atoms with Gasteiger partial charge < -0.3 is 15.0 Å². The van der Waals surface area contributed by atoms with Crippen molar-refractivity contribution in [1.29, 1.82) is 0 Å². The molecule has 0 aromatic heterocycles. The van der Waals surface area contributed by atoms with E-state index in [0.717, 1.165) is 6.54 Å². The van der Waals surface area contributed by atoms with E-state index in [0.29, 0.717) is 13.1 Å². The van der Waals surface area contributed by atoms with Gasteiger partial charge in [-0.05, 0) is 34.6 Å². The van der Waals surface area contributed by atoms with Crippen molar-refractivity contribution in [2.24, 2.45) is 5.41 Å². The van der Waals surface area contributed by atoms with Crippen LogP contribution < -0.4 is 5.32 Å². The lowest BCUT2D eigenvalue weighted by Gasteiger charge is -2.43. The Balaban J connectivity index is 2.84. The van der Waals surface area contributed by atoms with Gasteiger partial charge in [0, 0.05) is 25.0 Å². The fourth-order valence-corrected chi connectivity index (χ4v) is 1.98. The Hall–Kier alpha value is -1.21. The SMILES string of the molecule is C#CC(C)(C)C1CNCCN1C(=O)OC(C)(C)C. The van der Waals surface area contributed by atoms with Crippen molar-refractivity contribution in [2.45, 2.75) is 46.3 Å². The van der Waals surface area contributed by atoms with Crippen molar-refractivity contribution in [3.8, 4) is 12.3 Å². The zero-order chi connectivity index (χ0) is 14.0. The van der Waals surface area contributed by atoms with E-state index in [9.17, 15) is 4.79 Å². The van der Waals surface area contributed by atoms with Crippen molar-refractivity contribution in [2.75, 3.05) is 19.6 Å². The maximum absolute atomic E-state index is 12.2. The second-order valence-corrected chi connectivity index (χ2v) is 6.26. The predicted octanol–water partition coefficient (Wildman–Crippen LogP) is 1.85. The third-order valence-electron chi connectivity index (χ3n) is 3.08. The lowest BCUT2D eigenvalue weighted by molar-refractivity contribution is 0.000945. The molecule has 1 unspecified atom stereocenters. The number of nitrogens with zero attached hydrogens (tertiary/aromatic N) is 1. The Kier molecular flexibility index (Phi) is 4.28. The number of carbonyl (C=O) groups is 1. The molecule has 1 aliphatic heterocycles. The minimum absolute atomic E-state index is 0.0360. The van der Waals surface area contributed by atoms with Crippen LogP contribution in [0.5, 0.6) is 0 Å². The van der Waals surface area contributed by atoms with Gasteiger partial charge in [0.15, 0.2) is 0 Å². The van der Waals surface area contributed by atoms with E-state index in [2.05, 4.69) is 11.2 Å². The number of hydrogen-bond acceptors (Lipinski definition) is 3. The lowest BCUT2D eigenvalue weighted by atomic mass is 9.83. The average molecular weight is 252 g/mol. The highest BCUT2D eigenvalue weighted by molar-refractivity contribution is 5.69. The van der Waals surface area contributed by atoms with Crippen LogP contribution in [0.3, 0.4) is 0 Å². The molecule has 0 spiro atoms. The Labute approximate surface area is 110 Å². The summed E-state index contributed by atoms with van der Waals surface area (Å²) in [4.78, 5) is 13.9. The summed E-state index contributed by atoms with van der Waals surface area (Å²) in [6.45, 7) is 11.7. The van der Waals surface area contributed by atoms with E-state index in [1.165, 1.54) is 0 Å². The quantitative estimate of drug-likeness (QED) is 0.724. The second-order valence-electron chi connectivity index (χ2n) is 6.26. The summed E-state index contributed by atoms with van der Waals surface area (Å²) in [6.07, 6.45) is 5.29. The zero-order valence-electron chi connectivity index (χ0n) is 12.0. The van der Waals surface area contributed by atoms with Crippen LogP contribution in [-0.4, -0.2) is 42.3 Å². The molecule has 1 saturated heterocycles. The Morgan fingerprint density at radius 1 is 1.39 bits per heavy atom. The number of piperazine rings is 1. The molecular formula is C14H24N2O2. The third-order valence-corrected chi connectivity index (χ3v) is 3.08. The van der Waals surface area contributed by atoms with E-state index < -0.39 is 5.60 Å². The summed E-state index contributed by atoms with van der Waals surface area (Å²) < 4.78 is 5.44. The largest absolute Gasteiger partial charge is 0.444 e. The highest BCUT2D eigenvalue weighted by Crippen LogP contribution is 2.26. The topological polar surface area (TPSA) is 41.6 Å². The van der Waals surface area contributed by atoms with E-state index in [-0.39, 0.29) is 17.6 Å². The Morgan fingerprint density at radius 3 is 2.50 bits per heavy atom. The summed E-state index contributed by atoms with van der Waals surface area (Å²) in [5, 5.41) is 3.28. The van der Waals surface area contributed by atoms with Gasteiger partial charge in [0.05, 0.1) is 6.04 Å². The van der Waals surface area contributed by atoms with Crippen molar-refractivity contribution in [3.05, 3.63) is 0 Å². The first kappa shape index (κ1) is 14.8. The molecule has 0 saturated carbocycles. The van der Waals surface area contributed by atoms with E-state index in [4.69, 9.17) is 11.2 Å². The molecule has 0 radical (unpaired) electrons. The van der Waals surface area contributed by atoms with Crippen LogP contribution in [0.15, 0.2) is 0 Å². The van der Waals surface area contributed by atoms with Crippen LogP contribution >= 0.6 is 0 Å². The van der Waals surface area contributed by atoms with Crippen molar-refractivity contribution < 1.29 is 9.53 Å². The van der Waals surface area contributed by atoms with Crippen LogP contribution in [0.4, 0.5) is 4.79 Å². The van der Waals surface area contributed by atoms with Gasteiger partial charge in [-0.25, -0.2) is 4.79 Å². The van der Waals surface area contributed by atoms with Gasteiger partial charge in [-0.15, -0.1) is 6.42 Å². The molecule has 1 aliphatic rings. The summed E-state index contributed by atoms with van der Waals surface area (Å²) in [6, 6.07) is -0.0360. The molecule has 1 rings (SSSR count). The molecule has 1 fully saturated rings. The first-order valence-corrected chi connectivity index (χ1v) is 6.35. The first-order valence-electron chi connectivity index (χ1n) is 6.35. The van der Waals surface area contributed by atoms with E-state index in [1.54, 1.807) is 4.90 Å². The van der Waals surface area contributed by atoms with E-state index >= 15 is 0 Å².